The van der Waals surface area contributed by atoms with E-state index in [1.165, 1.54) is 43.3 Å². The van der Waals surface area contributed by atoms with Gasteiger partial charge in [0.25, 0.3) is 5.91 Å². The summed E-state index contributed by atoms with van der Waals surface area (Å²) in [5.74, 6) is -8.16. The number of amides is 7. The second-order valence-electron chi connectivity index (χ2n) is 22.8. The first-order chi connectivity index (χ1) is 42.0. The van der Waals surface area contributed by atoms with E-state index in [9.17, 15) is 74.4 Å². The van der Waals surface area contributed by atoms with E-state index >= 15 is 0 Å². The zero-order valence-corrected chi connectivity index (χ0v) is 49.7. The smallest absolute Gasteiger partial charge is 0.251 e. The van der Waals surface area contributed by atoms with Gasteiger partial charge in [-0.3, -0.25) is 38.9 Å². The molecule has 7 rings (SSSR count). The fourth-order valence-electron chi connectivity index (χ4n) is 11.0. The first-order valence-electron chi connectivity index (χ1n) is 29.8. The molecule has 15 atom stereocenters. The average molecular weight is 1230 g/mol. The number of benzene rings is 4. The second kappa shape index (κ2) is 31.5. The molecule has 0 aliphatic carbocycles. The first-order valence-corrected chi connectivity index (χ1v) is 29.8. The number of nitrogens with two attached hydrogens (primary N) is 1. The normalized spacial score (nSPS) is 26.5. The SMILES string of the molecule is CCCCCOc1ccc(-c2ccc(-c3ccc(C(=O)NC4CC(O)C(NCCNCCN)NC(=O)C5C(O)C(C)CN5C(=O)C(C(C)O)NC(=O)C(C(O)C(O)c5ccc(O)cc5)NC(=O)C5CC(O)CN5C(=O)C(C(C)O)NC4=O)cc3)cc2)cc1. The van der Waals surface area contributed by atoms with Crippen LogP contribution in [0.5, 0.6) is 11.5 Å². The Morgan fingerprint density at radius 1 is 0.659 bits per heavy atom. The number of aliphatic hydroxyl groups is 7. The minimum absolute atomic E-state index is 0.0210. The summed E-state index contributed by atoms with van der Waals surface area (Å²) in [5, 5.41) is 109. The predicted molar refractivity (Wildman–Crippen MR) is 321 cm³/mol. The number of unbranched alkanes of at least 4 members (excludes halogenated alkanes) is 2. The zero-order chi connectivity index (χ0) is 63.9. The highest BCUT2D eigenvalue weighted by Crippen LogP contribution is 2.30. The molecule has 478 valence electrons. The Morgan fingerprint density at radius 2 is 1.22 bits per heavy atom. The lowest BCUT2D eigenvalue weighted by molar-refractivity contribution is -0.148. The van der Waals surface area contributed by atoms with Gasteiger partial charge >= 0.3 is 0 Å². The van der Waals surface area contributed by atoms with Gasteiger partial charge in [0.15, 0.2) is 0 Å². The minimum atomic E-state index is -2.29. The van der Waals surface area contributed by atoms with Crippen LogP contribution in [-0.4, -0.2) is 217 Å². The van der Waals surface area contributed by atoms with Gasteiger partial charge < -0.3 is 93.0 Å². The Labute approximate surface area is 510 Å². The molecule has 15 unspecified atom stereocenters. The first kappa shape index (κ1) is 67.9. The van der Waals surface area contributed by atoms with Gasteiger partial charge in [-0.15, -0.1) is 0 Å². The predicted octanol–water partition coefficient (Wildman–Crippen LogP) is -1.78. The van der Waals surface area contributed by atoms with Crippen LogP contribution >= 0.6 is 0 Å². The number of phenols is 1. The molecule has 3 fully saturated rings. The van der Waals surface area contributed by atoms with E-state index in [1.807, 2.05) is 48.5 Å². The van der Waals surface area contributed by atoms with Crippen molar-refractivity contribution in [3.05, 3.63) is 108 Å². The van der Waals surface area contributed by atoms with Crippen molar-refractivity contribution in [3.63, 3.8) is 0 Å². The Balaban J connectivity index is 1.22. The Morgan fingerprint density at radius 3 is 1.80 bits per heavy atom. The van der Waals surface area contributed by atoms with Crippen LogP contribution in [0.3, 0.4) is 0 Å². The van der Waals surface area contributed by atoms with Crippen molar-refractivity contribution in [2.45, 2.75) is 145 Å². The van der Waals surface area contributed by atoms with Crippen LogP contribution in [0.1, 0.15) is 81.8 Å². The quantitative estimate of drug-likeness (QED) is 0.0435. The van der Waals surface area contributed by atoms with Crippen LogP contribution in [-0.2, 0) is 28.8 Å². The van der Waals surface area contributed by atoms with E-state index in [-0.39, 0.29) is 43.1 Å². The van der Waals surface area contributed by atoms with Crippen molar-refractivity contribution >= 4 is 41.4 Å². The lowest BCUT2D eigenvalue weighted by Crippen LogP contribution is -2.64. The molecule has 3 saturated heterocycles. The molecule has 0 radical (unpaired) electrons. The third-order valence-corrected chi connectivity index (χ3v) is 16.1. The summed E-state index contributed by atoms with van der Waals surface area (Å²) in [6.07, 6.45) is -12.3. The molecule has 3 aliphatic rings. The van der Waals surface area contributed by atoms with Crippen molar-refractivity contribution in [3.8, 4) is 33.8 Å². The lowest BCUT2D eigenvalue weighted by atomic mass is 9.96. The molecule has 0 aromatic heterocycles. The number of aromatic hydroxyl groups is 1. The number of rotatable bonds is 20. The second-order valence-corrected chi connectivity index (χ2v) is 22.8. The number of hydrogen-bond acceptors (Lipinski definition) is 19. The monoisotopic (exact) mass is 1220 g/mol. The van der Waals surface area contributed by atoms with Crippen LogP contribution in [0.2, 0.25) is 0 Å². The molecule has 0 saturated carbocycles. The maximum Gasteiger partial charge on any atom is 0.251 e. The molecule has 26 nitrogen and oxygen atoms in total. The summed E-state index contributed by atoms with van der Waals surface area (Å²) in [6.45, 7) is 6.55. The van der Waals surface area contributed by atoms with E-state index < -0.39 is 152 Å². The number of carbonyl (C=O) groups excluding carboxylic acids is 7. The van der Waals surface area contributed by atoms with Gasteiger partial charge in [-0.1, -0.05) is 87.4 Å². The summed E-state index contributed by atoms with van der Waals surface area (Å²) in [7, 11) is 0. The Hall–Kier alpha value is -7.63. The van der Waals surface area contributed by atoms with E-state index in [0.29, 0.717) is 13.2 Å². The lowest BCUT2D eigenvalue weighted by Gasteiger charge is -2.34. The number of carbonyl (C=O) groups is 7. The van der Waals surface area contributed by atoms with E-state index in [4.69, 9.17) is 10.5 Å². The number of nitrogens with zero attached hydrogens (tertiary/aromatic N) is 2. The Bertz CT molecular complexity index is 2990. The molecule has 17 N–H and O–H groups in total. The highest BCUT2D eigenvalue weighted by Gasteiger charge is 2.50. The van der Waals surface area contributed by atoms with Gasteiger partial charge in [0.05, 0.1) is 37.1 Å². The van der Waals surface area contributed by atoms with E-state index in [0.717, 1.165) is 70.9 Å². The van der Waals surface area contributed by atoms with Crippen molar-refractivity contribution in [1.82, 2.24) is 47.0 Å². The molecule has 26 heteroatoms. The van der Waals surface area contributed by atoms with Gasteiger partial charge in [-0.25, -0.2) is 0 Å². The zero-order valence-electron chi connectivity index (χ0n) is 49.7. The molecule has 3 heterocycles. The fourth-order valence-corrected chi connectivity index (χ4v) is 11.0. The van der Waals surface area contributed by atoms with E-state index in [1.54, 1.807) is 12.1 Å². The van der Waals surface area contributed by atoms with Crippen LogP contribution in [0, 0.1) is 5.92 Å². The van der Waals surface area contributed by atoms with Gasteiger partial charge in [0, 0.05) is 63.6 Å². The molecule has 4 aromatic carbocycles. The molecular formula is C62H84N10O16. The topological polar surface area (TPSA) is 407 Å². The third-order valence-electron chi connectivity index (χ3n) is 16.1. The summed E-state index contributed by atoms with van der Waals surface area (Å²) in [4.78, 5) is 104. The maximum atomic E-state index is 14.8. The van der Waals surface area contributed by atoms with Crippen molar-refractivity contribution in [2.24, 2.45) is 11.7 Å². The molecule has 7 amide bonds. The number of nitrogens with one attached hydrogen (secondary N) is 7. The minimum Gasteiger partial charge on any atom is -0.508 e. The number of phenolic OH excluding ortho intramolecular Hbond substituents is 1. The molecule has 0 spiro atoms. The van der Waals surface area contributed by atoms with Crippen LogP contribution in [0.15, 0.2) is 97.1 Å². The van der Waals surface area contributed by atoms with Crippen LogP contribution < -0.4 is 47.7 Å². The van der Waals surface area contributed by atoms with Gasteiger partial charge in [0.1, 0.15) is 66.1 Å². The van der Waals surface area contributed by atoms with Crippen molar-refractivity contribution in [1.29, 1.82) is 0 Å². The summed E-state index contributed by atoms with van der Waals surface area (Å²) >= 11 is 0. The molecule has 4 aromatic rings. The van der Waals surface area contributed by atoms with E-state index in [2.05, 4.69) is 44.1 Å². The van der Waals surface area contributed by atoms with Crippen LogP contribution in [0.4, 0.5) is 0 Å². The highest BCUT2D eigenvalue weighted by molar-refractivity contribution is 6.00. The fraction of sp³-hybridized carbons (Fsp3) is 0.500. The summed E-state index contributed by atoms with van der Waals surface area (Å²) < 4.78 is 5.87. The number of fused-ring (bicyclic) bond motifs is 2. The number of aliphatic hydroxyl groups excluding tert-OH is 7. The molecule has 3 aliphatic heterocycles. The Kier molecular flexibility index (Phi) is 24.3. The summed E-state index contributed by atoms with van der Waals surface area (Å²) in [6, 6.07) is 15.3. The van der Waals surface area contributed by atoms with Crippen LogP contribution in [0.25, 0.3) is 22.3 Å². The average Bonchev–Trinajstić information content (AvgIpc) is 2.10. The van der Waals surface area contributed by atoms with Gasteiger partial charge in [-0.2, -0.15) is 0 Å². The van der Waals surface area contributed by atoms with Gasteiger partial charge in [-0.05, 0) is 84.5 Å². The van der Waals surface area contributed by atoms with Crippen molar-refractivity contribution < 1.29 is 79.2 Å². The number of hydrogen-bond donors (Lipinski definition) is 16. The molecular weight excluding hydrogens is 1140 g/mol. The molecule has 88 heavy (non-hydrogen) atoms. The third kappa shape index (κ3) is 17.2. The largest absolute Gasteiger partial charge is 0.508 e. The number of ether oxygens (including phenoxy) is 1. The van der Waals surface area contributed by atoms with Gasteiger partial charge in [0.2, 0.25) is 35.4 Å². The van der Waals surface area contributed by atoms with Crippen molar-refractivity contribution in [2.75, 3.05) is 45.9 Å². The maximum absolute atomic E-state index is 14.8. The summed E-state index contributed by atoms with van der Waals surface area (Å²) in [5.41, 5.74) is 9.15. The standard InChI is InChI=1S/C62H84N10O16/c1-5-6-7-28-88-44-22-18-39(19-23-44)37-10-8-36(9-11-37)38-12-14-41(15-13-38)56(81)66-45-30-47(77)55(65-27-26-64-25-24-63)70-60(85)51-52(78)33(2)31-72(51)62(87)49(35(4)74)68-59(84)50(54(80)53(79)40-16-20-42(75)21-17-40)69-58(83)46-29-43(76)32-71(46)61(86)48(34(3)73)67-57(45)82/h8-23,33-35,43,45-55,64-65,73-80H,5-7,24-32,63H2,1-4H3,(H,66,81)(H,67,82)(H,68,84)(H,69,83)(H,70,85). The highest BCUT2D eigenvalue weighted by atomic mass is 16.5. The molecule has 0 bridgehead atoms.